The van der Waals surface area contributed by atoms with Gasteiger partial charge in [-0.1, -0.05) is 20.8 Å². The molecule has 4 nitrogen and oxygen atoms in total. The number of rotatable bonds is 4. The molecule has 0 aliphatic carbocycles. The van der Waals surface area contributed by atoms with Crippen molar-refractivity contribution in [2.75, 3.05) is 11.1 Å². The minimum atomic E-state index is -0.271. The Hall–Kier alpha value is -1.49. The zero-order chi connectivity index (χ0) is 14.5. The predicted octanol–water partition coefficient (Wildman–Crippen LogP) is 3.08. The highest BCUT2D eigenvalue weighted by molar-refractivity contribution is 8.01. The number of ether oxygens (including phenoxy) is 1. The molecule has 1 rings (SSSR count). The zero-order valence-corrected chi connectivity index (χ0v) is 12.5. The molecule has 0 aromatic heterocycles. The van der Waals surface area contributed by atoms with Gasteiger partial charge >= 0.3 is 5.97 Å². The third kappa shape index (κ3) is 6.86. The first-order chi connectivity index (χ1) is 8.76. The summed E-state index contributed by atoms with van der Waals surface area (Å²) in [7, 11) is 0. The Balaban J connectivity index is 2.49. The second kappa shape index (κ2) is 6.61. The van der Waals surface area contributed by atoms with Crippen LogP contribution in [0.25, 0.3) is 0 Å². The van der Waals surface area contributed by atoms with Gasteiger partial charge in [0.2, 0.25) is 5.91 Å². The molecule has 0 heterocycles. The second-order valence-electron chi connectivity index (χ2n) is 5.08. The topological polar surface area (TPSA) is 55.4 Å². The maximum absolute atomic E-state index is 11.6. The lowest BCUT2D eigenvalue weighted by atomic mass is 10.3. The Labute approximate surface area is 117 Å². The first-order valence-electron chi connectivity index (χ1n) is 5.98. The quantitative estimate of drug-likeness (QED) is 0.680. The Morgan fingerprint density at radius 3 is 2.26 bits per heavy atom. The van der Waals surface area contributed by atoms with Crippen molar-refractivity contribution in [3.63, 3.8) is 0 Å². The number of hydrogen-bond acceptors (Lipinski definition) is 4. The van der Waals surface area contributed by atoms with E-state index in [-0.39, 0.29) is 16.6 Å². The summed E-state index contributed by atoms with van der Waals surface area (Å²) in [5.74, 6) is 0.392. The summed E-state index contributed by atoms with van der Waals surface area (Å²) in [4.78, 5) is 22.5. The Kier molecular flexibility index (Phi) is 5.42. The molecule has 1 aromatic rings. The van der Waals surface area contributed by atoms with Crippen LogP contribution in [0.1, 0.15) is 27.7 Å². The van der Waals surface area contributed by atoms with Crippen molar-refractivity contribution in [3.8, 4) is 5.75 Å². The molecule has 1 N–H and O–H groups in total. The third-order valence-electron chi connectivity index (χ3n) is 2.03. The fourth-order valence-corrected chi connectivity index (χ4v) is 1.86. The van der Waals surface area contributed by atoms with Crippen molar-refractivity contribution in [2.24, 2.45) is 0 Å². The molecular formula is C14H19NO3S. The summed E-state index contributed by atoms with van der Waals surface area (Å²) in [5, 5.41) is 2.65. The number of nitrogens with one attached hydrogen (secondary N) is 1. The molecule has 5 heteroatoms. The van der Waals surface area contributed by atoms with E-state index in [1.54, 1.807) is 36.0 Å². The lowest BCUT2D eigenvalue weighted by molar-refractivity contribution is -0.131. The summed E-state index contributed by atoms with van der Waals surface area (Å²) in [6.07, 6.45) is 0. The van der Waals surface area contributed by atoms with Crippen LogP contribution in [0.5, 0.6) is 5.75 Å². The summed E-state index contributed by atoms with van der Waals surface area (Å²) < 4.78 is 5.23. The molecule has 104 valence electrons. The van der Waals surface area contributed by atoms with Crippen LogP contribution in [0, 0.1) is 0 Å². The minimum Gasteiger partial charge on any atom is -0.426 e. The minimum absolute atomic E-state index is 0.0360. The third-order valence-corrected chi connectivity index (χ3v) is 3.28. The summed E-state index contributed by atoms with van der Waals surface area (Å²) in [5.41, 5.74) is 0.677. The van der Waals surface area contributed by atoms with Crippen LogP contribution in [0.4, 0.5) is 5.69 Å². The van der Waals surface area contributed by atoms with Gasteiger partial charge in [-0.3, -0.25) is 9.59 Å². The number of hydrogen-bond donors (Lipinski definition) is 1. The standard InChI is InChI=1S/C14H19NO3S/c1-10(16)15-11-5-7-12(8-6-11)18-13(17)9-19-14(2,3)4/h5-8H,9H2,1-4H3,(H,15,16). The summed E-state index contributed by atoms with van der Waals surface area (Å²) in [6.45, 7) is 7.59. The Morgan fingerprint density at radius 1 is 1.21 bits per heavy atom. The number of thioether (sulfide) groups is 1. The fraction of sp³-hybridized carbons (Fsp3) is 0.429. The molecule has 0 aliphatic heterocycles. The SMILES string of the molecule is CC(=O)Nc1ccc(OC(=O)CSC(C)(C)C)cc1. The molecule has 0 unspecified atom stereocenters. The molecule has 0 bridgehead atoms. The summed E-state index contributed by atoms with van der Waals surface area (Å²) in [6, 6.07) is 6.71. The zero-order valence-electron chi connectivity index (χ0n) is 11.6. The van der Waals surface area contributed by atoms with Gasteiger partial charge < -0.3 is 10.1 Å². The fourth-order valence-electron chi connectivity index (χ4n) is 1.25. The lowest BCUT2D eigenvalue weighted by Crippen LogP contribution is -2.17. The van der Waals surface area contributed by atoms with Gasteiger partial charge in [0.25, 0.3) is 0 Å². The maximum Gasteiger partial charge on any atom is 0.321 e. The molecular weight excluding hydrogens is 262 g/mol. The molecule has 0 radical (unpaired) electrons. The van der Waals surface area contributed by atoms with E-state index in [1.807, 2.05) is 20.8 Å². The number of benzene rings is 1. The van der Waals surface area contributed by atoms with E-state index in [0.717, 1.165) is 0 Å². The molecule has 1 amide bonds. The average Bonchev–Trinajstić information content (AvgIpc) is 2.28. The highest BCUT2D eigenvalue weighted by atomic mass is 32.2. The van der Waals surface area contributed by atoms with E-state index in [9.17, 15) is 9.59 Å². The van der Waals surface area contributed by atoms with Gasteiger partial charge in [-0.25, -0.2) is 0 Å². The predicted molar refractivity (Wildman–Crippen MR) is 78.6 cm³/mol. The second-order valence-corrected chi connectivity index (χ2v) is 6.88. The van der Waals surface area contributed by atoms with E-state index in [4.69, 9.17) is 4.74 Å². The Bertz CT molecular complexity index is 449. The van der Waals surface area contributed by atoms with Crippen molar-refractivity contribution in [2.45, 2.75) is 32.4 Å². The number of anilines is 1. The number of carbonyl (C=O) groups is 2. The summed E-state index contributed by atoms with van der Waals surface area (Å²) >= 11 is 1.54. The Morgan fingerprint density at radius 2 is 1.79 bits per heavy atom. The van der Waals surface area contributed by atoms with Gasteiger partial charge in [0, 0.05) is 17.4 Å². The monoisotopic (exact) mass is 281 g/mol. The van der Waals surface area contributed by atoms with Gasteiger partial charge in [-0.05, 0) is 24.3 Å². The van der Waals surface area contributed by atoms with E-state index in [0.29, 0.717) is 17.2 Å². The van der Waals surface area contributed by atoms with E-state index in [2.05, 4.69) is 5.32 Å². The van der Waals surface area contributed by atoms with E-state index < -0.39 is 0 Å². The van der Waals surface area contributed by atoms with Crippen LogP contribution >= 0.6 is 11.8 Å². The van der Waals surface area contributed by atoms with Crippen LogP contribution in [0.2, 0.25) is 0 Å². The van der Waals surface area contributed by atoms with Gasteiger partial charge in [0.15, 0.2) is 0 Å². The van der Waals surface area contributed by atoms with Crippen LogP contribution in [0.3, 0.4) is 0 Å². The van der Waals surface area contributed by atoms with Gasteiger partial charge in [0.1, 0.15) is 5.75 Å². The lowest BCUT2D eigenvalue weighted by Gasteiger charge is -2.16. The smallest absolute Gasteiger partial charge is 0.321 e. The van der Waals surface area contributed by atoms with Gasteiger partial charge in [0.05, 0.1) is 5.75 Å². The molecule has 0 aliphatic rings. The molecule has 0 fully saturated rings. The van der Waals surface area contributed by atoms with Crippen LogP contribution < -0.4 is 10.1 Å². The van der Waals surface area contributed by atoms with Gasteiger partial charge in [-0.2, -0.15) is 0 Å². The van der Waals surface area contributed by atoms with Crippen molar-refractivity contribution in [1.82, 2.24) is 0 Å². The van der Waals surface area contributed by atoms with Crippen LogP contribution in [0.15, 0.2) is 24.3 Å². The normalized spacial score (nSPS) is 10.9. The molecule has 1 aromatic carbocycles. The van der Waals surface area contributed by atoms with Crippen LogP contribution in [-0.2, 0) is 9.59 Å². The van der Waals surface area contributed by atoms with Crippen molar-refractivity contribution in [3.05, 3.63) is 24.3 Å². The van der Waals surface area contributed by atoms with Crippen molar-refractivity contribution < 1.29 is 14.3 Å². The first-order valence-corrected chi connectivity index (χ1v) is 6.97. The number of esters is 1. The van der Waals surface area contributed by atoms with E-state index >= 15 is 0 Å². The number of carbonyl (C=O) groups excluding carboxylic acids is 2. The maximum atomic E-state index is 11.6. The average molecular weight is 281 g/mol. The van der Waals surface area contributed by atoms with Crippen molar-refractivity contribution in [1.29, 1.82) is 0 Å². The molecule has 19 heavy (non-hydrogen) atoms. The molecule has 0 atom stereocenters. The van der Waals surface area contributed by atoms with E-state index in [1.165, 1.54) is 6.92 Å². The van der Waals surface area contributed by atoms with Crippen molar-refractivity contribution >= 4 is 29.3 Å². The first kappa shape index (κ1) is 15.6. The van der Waals surface area contributed by atoms with Gasteiger partial charge in [-0.15, -0.1) is 11.8 Å². The highest BCUT2D eigenvalue weighted by Gasteiger charge is 2.14. The molecule has 0 saturated heterocycles. The largest absolute Gasteiger partial charge is 0.426 e. The number of amides is 1. The molecule has 0 saturated carbocycles. The molecule has 0 spiro atoms. The highest BCUT2D eigenvalue weighted by Crippen LogP contribution is 2.23. The van der Waals surface area contributed by atoms with Crippen LogP contribution in [-0.4, -0.2) is 22.4 Å².